The van der Waals surface area contributed by atoms with Gasteiger partial charge in [0.25, 0.3) is 0 Å². The number of ether oxygens (including phenoxy) is 1. The first kappa shape index (κ1) is 42.6. The van der Waals surface area contributed by atoms with Gasteiger partial charge in [-0.15, -0.1) is 0 Å². The molecular formula is C47H52N10O6. The smallest absolute Gasteiger partial charge is 0.407 e. The molecule has 63 heavy (non-hydrogen) atoms. The van der Waals surface area contributed by atoms with Crippen molar-refractivity contribution in [2.75, 3.05) is 27.2 Å². The van der Waals surface area contributed by atoms with Gasteiger partial charge in [0.15, 0.2) is 0 Å². The number of aromatic nitrogens is 6. The fraction of sp³-hybridized carbons (Fsp3) is 0.362. The van der Waals surface area contributed by atoms with Crippen LogP contribution in [0.4, 0.5) is 9.59 Å². The van der Waals surface area contributed by atoms with Crippen LogP contribution in [-0.4, -0.2) is 113 Å². The lowest BCUT2D eigenvalue weighted by atomic mass is 10.0. The number of nitrogens with one attached hydrogen (secondary N) is 3. The molecular weight excluding hydrogens is 801 g/mol. The molecule has 326 valence electrons. The van der Waals surface area contributed by atoms with Gasteiger partial charge in [0, 0.05) is 31.3 Å². The molecule has 0 bridgehead atoms. The Hall–Kier alpha value is -7.10. The number of carbonyl (C=O) groups excluding carboxylic acids is 3. The fourth-order valence-electron chi connectivity index (χ4n) is 8.71. The van der Waals surface area contributed by atoms with Crippen LogP contribution >= 0.6 is 0 Å². The molecule has 0 unspecified atom stereocenters. The maximum Gasteiger partial charge on any atom is 0.407 e. The van der Waals surface area contributed by atoms with E-state index >= 15 is 0 Å². The van der Waals surface area contributed by atoms with Crippen molar-refractivity contribution in [1.82, 2.24) is 49.9 Å². The SMILES string of the molecule is COC(=O)N[C@H](C(=O)N1CCC[C@H]1c1ncc(-c2ccc(-c3cnc4cc(-c5cnc([C@@H]6CCCN6C(=O)[C@@H](CCc6ccccc6)N(C)C(=O)O)[nH]5)ccc4n3)cc2)[nH]1)C(C)C. The third kappa shape index (κ3) is 9.10. The monoisotopic (exact) mass is 852 g/mol. The summed E-state index contributed by atoms with van der Waals surface area (Å²) in [6.07, 6.45) is 7.58. The quantitative estimate of drug-likeness (QED) is 0.0907. The Kier molecular flexibility index (Phi) is 12.5. The highest BCUT2D eigenvalue weighted by Crippen LogP contribution is 2.35. The van der Waals surface area contributed by atoms with Crippen molar-refractivity contribution >= 4 is 35.0 Å². The minimum absolute atomic E-state index is 0.119. The molecule has 6 aromatic rings. The molecule has 4 atom stereocenters. The molecule has 2 saturated heterocycles. The van der Waals surface area contributed by atoms with Crippen LogP contribution in [0, 0.1) is 5.92 Å². The topological polar surface area (TPSA) is 203 Å². The van der Waals surface area contributed by atoms with Gasteiger partial charge < -0.3 is 34.9 Å². The Morgan fingerprint density at radius 1 is 0.794 bits per heavy atom. The number of nitrogens with zero attached hydrogens (tertiary/aromatic N) is 7. The van der Waals surface area contributed by atoms with Gasteiger partial charge >= 0.3 is 12.2 Å². The Morgan fingerprint density at radius 2 is 1.40 bits per heavy atom. The third-order valence-corrected chi connectivity index (χ3v) is 12.2. The van der Waals surface area contributed by atoms with Crippen molar-refractivity contribution in [3.63, 3.8) is 0 Å². The Labute approximate surface area is 365 Å². The van der Waals surface area contributed by atoms with Gasteiger partial charge in [-0.05, 0) is 67.7 Å². The van der Waals surface area contributed by atoms with Gasteiger partial charge in [0.05, 0.1) is 65.9 Å². The number of fused-ring (bicyclic) bond motifs is 1. The van der Waals surface area contributed by atoms with E-state index in [0.29, 0.717) is 43.1 Å². The number of aryl methyl sites for hydroxylation is 1. The molecule has 0 aliphatic carbocycles. The van der Waals surface area contributed by atoms with Crippen LogP contribution in [0.2, 0.25) is 0 Å². The van der Waals surface area contributed by atoms with Gasteiger partial charge in [0.1, 0.15) is 23.7 Å². The van der Waals surface area contributed by atoms with Crippen molar-refractivity contribution in [3.8, 4) is 33.8 Å². The van der Waals surface area contributed by atoms with Gasteiger partial charge in [-0.3, -0.25) is 19.5 Å². The summed E-state index contributed by atoms with van der Waals surface area (Å²) in [5.41, 5.74) is 7.51. The molecule has 4 amide bonds. The number of imidazole rings is 2. The summed E-state index contributed by atoms with van der Waals surface area (Å²) in [7, 11) is 2.74. The molecule has 16 heteroatoms. The Bertz CT molecular complexity index is 2590. The number of amides is 4. The number of hydrogen-bond acceptors (Lipinski definition) is 9. The van der Waals surface area contributed by atoms with Crippen LogP contribution in [0.15, 0.2) is 91.4 Å². The number of rotatable bonds is 13. The summed E-state index contributed by atoms with van der Waals surface area (Å²) in [5.74, 6) is 0.871. The lowest BCUT2D eigenvalue weighted by Crippen LogP contribution is -2.51. The fourth-order valence-corrected chi connectivity index (χ4v) is 8.71. The van der Waals surface area contributed by atoms with E-state index in [9.17, 15) is 24.3 Å². The second-order valence-electron chi connectivity index (χ2n) is 16.6. The minimum atomic E-state index is -1.14. The van der Waals surface area contributed by atoms with E-state index in [-0.39, 0.29) is 29.8 Å². The van der Waals surface area contributed by atoms with Gasteiger partial charge in [-0.1, -0.05) is 74.5 Å². The first-order valence-corrected chi connectivity index (χ1v) is 21.4. The predicted octanol–water partition coefficient (Wildman–Crippen LogP) is 7.40. The largest absolute Gasteiger partial charge is 0.465 e. The highest BCUT2D eigenvalue weighted by molar-refractivity contribution is 5.87. The third-order valence-electron chi connectivity index (χ3n) is 12.2. The van der Waals surface area contributed by atoms with E-state index in [0.717, 1.165) is 75.4 Å². The van der Waals surface area contributed by atoms with Crippen LogP contribution in [0.1, 0.15) is 75.2 Å². The molecule has 2 aliphatic rings. The second kappa shape index (κ2) is 18.5. The molecule has 0 spiro atoms. The average Bonchev–Trinajstić information content (AvgIpc) is 4.15. The zero-order valence-electron chi connectivity index (χ0n) is 35.8. The van der Waals surface area contributed by atoms with E-state index in [2.05, 4.69) is 20.3 Å². The van der Waals surface area contributed by atoms with Crippen LogP contribution in [-0.2, 0) is 20.7 Å². The second-order valence-corrected chi connectivity index (χ2v) is 16.6. The molecule has 3 aromatic carbocycles. The number of carboxylic acid groups (broad SMARTS) is 1. The number of H-pyrrole nitrogens is 2. The lowest BCUT2D eigenvalue weighted by Gasteiger charge is -2.31. The van der Waals surface area contributed by atoms with E-state index in [1.54, 1.807) is 28.4 Å². The zero-order chi connectivity index (χ0) is 44.2. The zero-order valence-corrected chi connectivity index (χ0v) is 35.8. The number of hydrogen-bond donors (Lipinski definition) is 4. The maximum absolute atomic E-state index is 14.0. The maximum atomic E-state index is 14.0. The number of methoxy groups -OCH3 is 1. The van der Waals surface area contributed by atoms with Crippen molar-refractivity contribution < 1.29 is 29.0 Å². The van der Waals surface area contributed by atoms with Crippen molar-refractivity contribution in [3.05, 3.63) is 109 Å². The summed E-state index contributed by atoms with van der Waals surface area (Å²) in [6.45, 7) is 4.89. The summed E-state index contributed by atoms with van der Waals surface area (Å²) in [5, 5.41) is 12.5. The first-order valence-electron chi connectivity index (χ1n) is 21.4. The summed E-state index contributed by atoms with van der Waals surface area (Å²) >= 11 is 0. The highest BCUT2D eigenvalue weighted by Gasteiger charge is 2.39. The lowest BCUT2D eigenvalue weighted by molar-refractivity contribution is -0.137. The van der Waals surface area contributed by atoms with Gasteiger partial charge in [0.2, 0.25) is 11.8 Å². The number of alkyl carbamates (subject to hydrolysis) is 1. The van der Waals surface area contributed by atoms with Crippen LogP contribution < -0.4 is 5.32 Å². The minimum Gasteiger partial charge on any atom is -0.465 e. The number of likely N-dealkylation sites (N-methyl/N-ethyl adjacent to an activating group) is 1. The number of likely N-dealkylation sites (tertiary alicyclic amines) is 2. The van der Waals surface area contributed by atoms with Crippen LogP contribution in [0.3, 0.4) is 0 Å². The summed E-state index contributed by atoms with van der Waals surface area (Å²) in [6, 6.07) is 21.6. The molecule has 16 nitrogen and oxygen atoms in total. The normalized spacial score (nSPS) is 17.2. The molecule has 2 fully saturated rings. The predicted molar refractivity (Wildman–Crippen MR) is 236 cm³/mol. The number of aromatic amines is 2. The Balaban J connectivity index is 0.933. The molecule has 5 heterocycles. The standard InChI is InChI=1S/C47H52N10O6/c1-28(2)41(54-46(60)63-4)45(59)57-23-9-13-39(57)43-49-26-36(52-43)31-17-15-30(16-18-31)35-25-48-34-24-32(19-20-33(34)51-35)37-27-50-42(53-37)38-12-8-22-56(38)44(58)40(55(3)47(61)62)21-14-29-10-6-5-7-11-29/h5-7,10-11,15-20,24-28,38-41H,8-9,12-14,21-23H2,1-4H3,(H,49,52)(H,50,53)(H,54,60)(H,61,62)/t38-,39-,40+,41-/m0/s1. The molecule has 0 radical (unpaired) electrons. The van der Waals surface area contributed by atoms with E-state index < -0.39 is 24.3 Å². The number of benzene rings is 3. The van der Waals surface area contributed by atoms with Crippen molar-refractivity contribution in [2.45, 2.75) is 76.5 Å². The van der Waals surface area contributed by atoms with Crippen LogP contribution in [0.5, 0.6) is 0 Å². The van der Waals surface area contributed by atoms with E-state index in [1.165, 1.54) is 14.2 Å². The molecule has 8 rings (SSSR count). The average molecular weight is 853 g/mol. The van der Waals surface area contributed by atoms with E-state index in [1.807, 2.05) is 86.6 Å². The summed E-state index contributed by atoms with van der Waals surface area (Å²) in [4.78, 5) is 82.2. The van der Waals surface area contributed by atoms with Crippen molar-refractivity contribution in [1.29, 1.82) is 0 Å². The summed E-state index contributed by atoms with van der Waals surface area (Å²) < 4.78 is 4.76. The molecule has 3 aromatic heterocycles. The van der Waals surface area contributed by atoms with Gasteiger partial charge in [-0.25, -0.2) is 24.5 Å². The Morgan fingerprint density at radius 3 is 2.02 bits per heavy atom. The number of carbonyl (C=O) groups is 4. The molecule has 4 N–H and O–H groups in total. The van der Waals surface area contributed by atoms with E-state index in [4.69, 9.17) is 19.7 Å². The highest BCUT2D eigenvalue weighted by atomic mass is 16.5. The van der Waals surface area contributed by atoms with Crippen molar-refractivity contribution in [2.24, 2.45) is 5.92 Å². The molecule has 0 saturated carbocycles. The molecule has 2 aliphatic heterocycles. The van der Waals surface area contributed by atoms with Crippen LogP contribution in [0.25, 0.3) is 44.8 Å². The van der Waals surface area contributed by atoms with Gasteiger partial charge in [-0.2, -0.15) is 0 Å². The first-order chi connectivity index (χ1) is 30.5.